The molecule has 0 unspecified atom stereocenters. The van der Waals surface area contributed by atoms with Crippen molar-refractivity contribution in [1.29, 1.82) is 0 Å². The molecule has 2 N–H and O–H groups in total. The fraction of sp³-hybridized carbons (Fsp3) is 0.538. The maximum Gasteiger partial charge on any atom is 0.288 e. The third-order valence-electron chi connectivity index (χ3n) is 3.23. The number of hydrogen-bond donors (Lipinski definition) is 2. The summed E-state index contributed by atoms with van der Waals surface area (Å²) in [5.41, 5.74) is -0.00803. The first-order chi connectivity index (χ1) is 10.1. The summed E-state index contributed by atoms with van der Waals surface area (Å²) < 4.78 is 5.23. The highest BCUT2D eigenvalue weighted by Crippen LogP contribution is 2.19. The van der Waals surface area contributed by atoms with Crippen LogP contribution in [0.2, 0.25) is 0 Å². The van der Waals surface area contributed by atoms with Crippen LogP contribution in [0.5, 0.6) is 0 Å². The van der Waals surface area contributed by atoms with E-state index in [0.29, 0.717) is 25.6 Å². The Morgan fingerprint density at radius 3 is 2.86 bits per heavy atom. The molecule has 8 heteroatoms. The molecule has 1 amide bonds. The van der Waals surface area contributed by atoms with Gasteiger partial charge in [-0.15, -0.1) is 0 Å². The van der Waals surface area contributed by atoms with Crippen molar-refractivity contribution in [3.63, 3.8) is 0 Å². The van der Waals surface area contributed by atoms with E-state index in [4.69, 9.17) is 4.74 Å². The highest BCUT2D eigenvalue weighted by molar-refractivity contribution is 5.99. The molecular weight excluding hydrogens is 276 g/mol. The number of aromatic nitrogens is 1. The van der Waals surface area contributed by atoms with Gasteiger partial charge in [-0.25, -0.2) is 4.98 Å². The number of nitrogens with zero attached hydrogens (tertiary/aromatic N) is 2. The van der Waals surface area contributed by atoms with Crippen molar-refractivity contribution >= 4 is 17.4 Å². The van der Waals surface area contributed by atoms with Crippen molar-refractivity contribution in [3.8, 4) is 0 Å². The summed E-state index contributed by atoms with van der Waals surface area (Å²) in [5.74, 6) is 0.00158. The quantitative estimate of drug-likeness (QED) is 0.626. The number of nitrogens with one attached hydrogen (secondary N) is 2. The zero-order valence-corrected chi connectivity index (χ0v) is 11.8. The second kappa shape index (κ2) is 6.98. The Kier molecular flexibility index (Phi) is 5.04. The van der Waals surface area contributed by atoms with Crippen LogP contribution in [0.15, 0.2) is 12.3 Å². The molecule has 1 aliphatic rings. The molecule has 1 aromatic heterocycles. The lowest BCUT2D eigenvalue weighted by molar-refractivity contribution is -0.385. The summed E-state index contributed by atoms with van der Waals surface area (Å²) in [6, 6.07) is 1.28. The minimum absolute atomic E-state index is 0.0278. The highest BCUT2D eigenvalue weighted by Gasteiger charge is 2.21. The van der Waals surface area contributed by atoms with Gasteiger partial charge >= 0.3 is 0 Å². The summed E-state index contributed by atoms with van der Waals surface area (Å²) in [5, 5.41) is 16.7. The van der Waals surface area contributed by atoms with Crippen LogP contribution in [0, 0.1) is 10.1 Å². The number of ether oxygens (including phenoxy) is 1. The first kappa shape index (κ1) is 15.2. The number of anilines is 1. The summed E-state index contributed by atoms with van der Waals surface area (Å²) >= 11 is 0. The molecule has 2 rings (SSSR count). The monoisotopic (exact) mass is 294 g/mol. The van der Waals surface area contributed by atoms with Gasteiger partial charge in [0.05, 0.1) is 10.5 Å². The van der Waals surface area contributed by atoms with Crippen molar-refractivity contribution in [2.45, 2.75) is 25.8 Å². The van der Waals surface area contributed by atoms with Gasteiger partial charge in [-0.2, -0.15) is 0 Å². The van der Waals surface area contributed by atoms with Gasteiger partial charge in [0.15, 0.2) is 0 Å². The number of hydrogen-bond acceptors (Lipinski definition) is 6. The molecule has 0 bridgehead atoms. The molecule has 0 spiro atoms. The van der Waals surface area contributed by atoms with E-state index in [2.05, 4.69) is 15.6 Å². The standard InChI is InChI=1S/C13H18N4O4/c1-2-14-12-11(7-10(8-15-12)17(19)20)13(18)16-9-3-5-21-6-4-9/h7-9H,2-6H2,1H3,(H,14,15)(H,16,18). The lowest BCUT2D eigenvalue weighted by atomic mass is 10.1. The molecular formula is C13H18N4O4. The number of amides is 1. The van der Waals surface area contributed by atoms with Crippen molar-refractivity contribution < 1.29 is 14.5 Å². The Morgan fingerprint density at radius 2 is 2.24 bits per heavy atom. The van der Waals surface area contributed by atoms with Crippen LogP contribution < -0.4 is 10.6 Å². The number of carbonyl (C=O) groups excluding carboxylic acids is 1. The Morgan fingerprint density at radius 1 is 1.52 bits per heavy atom. The number of pyridine rings is 1. The molecule has 8 nitrogen and oxygen atoms in total. The average molecular weight is 294 g/mol. The van der Waals surface area contributed by atoms with Crippen molar-refractivity contribution in [3.05, 3.63) is 27.9 Å². The van der Waals surface area contributed by atoms with Crippen molar-refractivity contribution in [1.82, 2.24) is 10.3 Å². The fourth-order valence-electron chi connectivity index (χ4n) is 2.14. The van der Waals surface area contributed by atoms with Crippen LogP contribution >= 0.6 is 0 Å². The molecule has 1 aliphatic heterocycles. The summed E-state index contributed by atoms with van der Waals surface area (Å²) in [4.78, 5) is 26.6. The van der Waals surface area contributed by atoms with E-state index in [1.54, 1.807) is 0 Å². The van der Waals surface area contributed by atoms with Crippen LogP contribution in [0.4, 0.5) is 11.5 Å². The Balaban J connectivity index is 2.19. The van der Waals surface area contributed by atoms with Crippen LogP contribution in [0.3, 0.4) is 0 Å². The first-order valence-corrected chi connectivity index (χ1v) is 6.88. The minimum Gasteiger partial charge on any atom is -0.381 e. The van der Waals surface area contributed by atoms with E-state index in [1.807, 2.05) is 6.92 Å². The third kappa shape index (κ3) is 3.88. The van der Waals surface area contributed by atoms with Crippen LogP contribution in [0.1, 0.15) is 30.1 Å². The molecule has 1 aromatic rings. The lowest BCUT2D eigenvalue weighted by Gasteiger charge is -2.23. The maximum absolute atomic E-state index is 12.3. The molecule has 0 saturated carbocycles. The molecule has 0 aliphatic carbocycles. The van der Waals surface area contributed by atoms with E-state index < -0.39 is 4.92 Å². The zero-order chi connectivity index (χ0) is 15.2. The molecule has 0 aromatic carbocycles. The minimum atomic E-state index is -0.562. The van der Waals surface area contributed by atoms with E-state index in [9.17, 15) is 14.9 Å². The molecule has 2 heterocycles. The van der Waals surface area contributed by atoms with E-state index in [0.717, 1.165) is 19.0 Å². The number of carbonyl (C=O) groups is 1. The van der Waals surface area contributed by atoms with Gasteiger partial charge in [-0.3, -0.25) is 14.9 Å². The lowest BCUT2D eigenvalue weighted by Crippen LogP contribution is -2.39. The molecule has 1 fully saturated rings. The Labute approximate surface area is 122 Å². The van der Waals surface area contributed by atoms with E-state index in [-0.39, 0.29) is 23.2 Å². The number of rotatable bonds is 5. The SMILES string of the molecule is CCNc1ncc([N+](=O)[O-])cc1C(=O)NC1CCOCC1. The van der Waals surface area contributed by atoms with Gasteiger partial charge in [0.1, 0.15) is 12.0 Å². The predicted molar refractivity (Wildman–Crippen MR) is 76.4 cm³/mol. The molecule has 1 saturated heterocycles. The van der Waals surface area contributed by atoms with Gasteiger partial charge in [-0.1, -0.05) is 0 Å². The smallest absolute Gasteiger partial charge is 0.288 e. The average Bonchev–Trinajstić information content (AvgIpc) is 2.48. The molecule has 21 heavy (non-hydrogen) atoms. The second-order valence-corrected chi connectivity index (χ2v) is 4.74. The molecule has 0 radical (unpaired) electrons. The van der Waals surface area contributed by atoms with Crippen molar-refractivity contribution in [2.24, 2.45) is 0 Å². The second-order valence-electron chi connectivity index (χ2n) is 4.74. The maximum atomic E-state index is 12.3. The zero-order valence-electron chi connectivity index (χ0n) is 11.8. The van der Waals surface area contributed by atoms with Gasteiger partial charge in [0.25, 0.3) is 11.6 Å². The van der Waals surface area contributed by atoms with E-state index >= 15 is 0 Å². The van der Waals surface area contributed by atoms with Gasteiger partial charge in [0, 0.05) is 31.9 Å². The largest absolute Gasteiger partial charge is 0.381 e. The highest BCUT2D eigenvalue weighted by atomic mass is 16.6. The molecule has 0 atom stereocenters. The Bertz CT molecular complexity index is 529. The molecule has 114 valence electrons. The van der Waals surface area contributed by atoms with Crippen LogP contribution in [-0.4, -0.2) is 41.6 Å². The van der Waals surface area contributed by atoms with Crippen molar-refractivity contribution in [2.75, 3.05) is 25.1 Å². The third-order valence-corrected chi connectivity index (χ3v) is 3.23. The van der Waals surface area contributed by atoms with E-state index in [1.165, 1.54) is 6.07 Å². The van der Waals surface area contributed by atoms with Gasteiger partial charge < -0.3 is 15.4 Å². The first-order valence-electron chi connectivity index (χ1n) is 6.88. The predicted octanol–water partition coefficient (Wildman–Crippen LogP) is 1.33. The normalized spacial score (nSPS) is 15.5. The van der Waals surface area contributed by atoms with Gasteiger partial charge in [-0.05, 0) is 19.8 Å². The summed E-state index contributed by atoms with van der Waals surface area (Å²) in [6.45, 7) is 3.65. The Hall–Kier alpha value is -2.22. The topological polar surface area (TPSA) is 106 Å². The fourth-order valence-corrected chi connectivity index (χ4v) is 2.14. The van der Waals surface area contributed by atoms with Gasteiger partial charge in [0.2, 0.25) is 0 Å². The summed E-state index contributed by atoms with van der Waals surface area (Å²) in [7, 11) is 0. The summed E-state index contributed by atoms with van der Waals surface area (Å²) in [6.07, 6.45) is 2.62. The van der Waals surface area contributed by atoms with Crippen LogP contribution in [-0.2, 0) is 4.74 Å². The van der Waals surface area contributed by atoms with Crippen LogP contribution in [0.25, 0.3) is 0 Å². The number of nitro groups is 1.